The van der Waals surface area contributed by atoms with Crippen LogP contribution >= 0.6 is 11.6 Å². The Bertz CT molecular complexity index is 694. The Kier molecular flexibility index (Phi) is 3.80. The molecule has 0 spiro atoms. The quantitative estimate of drug-likeness (QED) is 0.676. The molecule has 0 saturated carbocycles. The molecule has 2 aromatic carbocycles. The number of hydrogen-bond acceptors (Lipinski definition) is 3. The topological polar surface area (TPSA) is 47.3 Å². The van der Waals surface area contributed by atoms with E-state index in [1.807, 2.05) is 0 Å². The van der Waals surface area contributed by atoms with Crippen LogP contribution in [0.2, 0.25) is 5.02 Å². The van der Waals surface area contributed by atoms with Crippen LogP contribution in [0.3, 0.4) is 0 Å². The molecule has 0 aromatic heterocycles. The first-order valence-electron chi connectivity index (χ1n) is 6.46. The van der Waals surface area contributed by atoms with E-state index in [0.29, 0.717) is 29.3 Å². The largest absolute Gasteiger partial charge is 0.488 e. The number of fused-ring (bicyclic) bond motifs is 1. The van der Waals surface area contributed by atoms with Crippen LogP contribution in [0.25, 0.3) is 11.1 Å². The minimum atomic E-state index is -0.523. The minimum Gasteiger partial charge on any atom is -0.488 e. The fraction of sp³-hybridized carbons (Fsp3) is 0.200. The van der Waals surface area contributed by atoms with Gasteiger partial charge in [0, 0.05) is 29.1 Å². The molecule has 1 unspecified atom stereocenters. The second kappa shape index (κ2) is 5.60. The molecule has 0 fully saturated rings. The van der Waals surface area contributed by atoms with Crippen molar-refractivity contribution in [1.82, 2.24) is 5.43 Å². The fourth-order valence-corrected chi connectivity index (χ4v) is 2.78. The molecule has 1 heterocycles. The summed E-state index contributed by atoms with van der Waals surface area (Å²) in [6.45, 7) is 0.456. The van der Waals surface area contributed by atoms with E-state index in [-0.39, 0.29) is 11.7 Å². The lowest BCUT2D eigenvalue weighted by Gasteiger charge is -2.13. The Hall–Kier alpha value is -1.69. The predicted molar refractivity (Wildman–Crippen MR) is 77.1 cm³/mol. The summed E-state index contributed by atoms with van der Waals surface area (Å²) in [6.07, 6.45) is 0.461. The summed E-state index contributed by atoms with van der Waals surface area (Å²) in [5, 5.41) is 0.456. The molecule has 1 aliphatic rings. The maximum atomic E-state index is 14.0. The van der Waals surface area contributed by atoms with Gasteiger partial charge < -0.3 is 4.74 Å². The summed E-state index contributed by atoms with van der Waals surface area (Å²) >= 11 is 6.08. The second-order valence-electron chi connectivity index (χ2n) is 4.92. The second-order valence-corrected chi connectivity index (χ2v) is 5.35. The van der Waals surface area contributed by atoms with Gasteiger partial charge in [-0.15, -0.1) is 0 Å². The molecule has 0 bridgehead atoms. The lowest BCUT2D eigenvalue weighted by Crippen LogP contribution is -2.34. The van der Waals surface area contributed by atoms with Crippen LogP contribution in [0.1, 0.15) is 5.56 Å². The third kappa shape index (κ3) is 2.72. The van der Waals surface area contributed by atoms with Crippen molar-refractivity contribution in [3.05, 3.63) is 52.6 Å². The number of hydrazine groups is 1. The molecule has 6 heteroatoms. The first-order valence-corrected chi connectivity index (χ1v) is 6.84. The van der Waals surface area contributed by atoms with Crippen molar-refractivity contribution in [3.8, 4) is 16.9 Å². The predicted octanol–water partition coefficient (Wildman–Crippen LogP) is 3.05. The summed E-state index contributed by atoms with van der Waals surface area (Å²) < 4.78 is 33.2. The Morgan fingerprint density at radius 2 is 2.05 bits per heavy atom. The molecule has 0 saturated heterocycles. The van der Waals surface area contributed by atoms with Gasteiger partial charge in [-0.05, 0) is 35.9 Å². The lowest BCUT2D eigenvalue weighted by molar-refractivity contribution is 0.229. The van der Waals surface area contributed by atoms with E-state index in [2.05, 4.69) is 5.43 Å². The molecular formula is C15H13ClF2N2O. The molecule has 0 amide bonds. The molecule has 3 N–H and O–H groups in total. The van der Waals surface area contributed by atoms with Gasteiger partial charge in [-0.3, -0.25) is 11.3 Å². The van der Waals surface area contributed by atoms with Crippen molar-refractivity contribution in [2.75, 3.05) is 6.54 Å². The summed E-state index contributed by atoms with van der Waals surface area (Å²) in [5.41, 5.74) is 4.00. The first kappa shape index (κ1) is 14.3. The highest BCUT2D eigenvalue weighted by Crippen LogP contribution is 2.41. The van der Waals surface area contributed by atoms with E-state index >= 15 is 0 Å². The van der Waals surface area contributed by atoms with E-state index in [4.69, 9.17) is 22.2 Å². The van der Waals surface area contributed by atoms with Gasteiger partial charge in [-0.2, -0.15) is 0 Å². The highest BCUT2D eigenvalue weighted by Gasteiger charge is 2.27. The van der Waals surface area contributed by atoms with Gasteiger partial charge >= 0.3 is 0 Å². The standard InChI is InChI=1S/C15H13ClF2N2O/c16-9-3-8-4-11(7-20-19)21-15(8)13(5-9)12-6-10(17)1-2-14(12)18/h1-3,5-6,11,20H,4,7,19H2. The smallest absolute Gasteiger partial charge is 0.131 e. The highest BCUT2D eigenvalue weighted by atomic mass is 35.5. The molecule has 3 rings (SSSR count). The zero-order valence-electron chi connectivity index (χ0n) is 11.0. The maximum absolute atomic E-state index is 14.0. The van der Waals surface area contributed by atoms with Crippen molar-refractivity contribution in [2.24, 2.45) is 5.84 Å². The van der Waals surface area contributed by atoms with Crippen LogP contribution in [0, 0.1) is 11.6 Å². The van der Waals surface area contributed by atoms with Crippen LogP contribution in [0.15, 0.2) is 30.3 Å². The Morgan fingerprint density at radius 3 is 2.81 bits per heavy atom. The average Bonchev–Trinajstić information content (AvgIpc) is 2.83. The van der Waals surface area contributed by atoms with E-state index in [1.54, 1.807) is 12.1 Å². The summed E-state index contributed by atoms with van der Waals surface area (Å²) in [4.78, 5) is 0. The SMILES string of the molecule is NNCC1Cc2cc(Cl)cc(-c3cc(F)ccc3F)c2O1. The summed E-state index contributed by atoms with van der Waals surface area (Å²) in [5.74, 6) is 4.79. The Morgan fingerprint density at radius 1 is 1.24 bits per heavy atom. The van der Waals surface area contributed by atoms with Crippen molar-refractivity contribution in [2.45, 2.75) is 12.5 Å². The number of halogens is 3. The average molecular weight is 311 g/mol. The minimum absolute atomic E-state index is 0.134. The lowest BCUT2D eigenvalue weighted by atomic mass is 10.00. The monoisotopic (exact) mass is 310 g/mol. The zero-order chi connectivity index (χ0) is 15.0. The van der Waals surface area contributed by atoms with Crippen molar-refractivity contribution < 1.29 is 13.5 Å². The van der Waals surface area contributed by atoms with Crippen LogP contribution in [0.5, 0.6) is 5.75 Å². The molecule has 2 aromatic rings. The maximum Gasteiger partial charge on any atom is 0.131 e. The molecule has 0 radical (unpaired) electrons. The van der Waals surface area contributed by atoms with Crippen molar-refractivity contribution >= 4 is 11.6 Å². The Labute approximate surface area is 125 Å². The summed E-state index contributed by atoms with van der Waals surface area (Å²) in [7, 11) is 0. The van der Waals surface area contributed by atoms with Gasteiger partial charge in [0.05, 0.1) is 0 Å². The van der Waals surface area contributed by atoms with Crippen LogP contribution in [0.4, 0.5) is 8.78 Å². The Balaban J connectivity index is 2.11. The van der Waals surface area contributed by atoms with Crippen molar-refractivity contribution in [3.63, 3.8) is 0 Å². The number of nitrogens with two attached hydrogens (primary N) is 1. The normalized spacial score (nSPS) is 16.7. The molecule has 0 aliphatic carbocycles. The van der Waals surface area contributed by atoms with E-state index < -0.39 is 11.6 Å². The van der Waals surface area contributed by atoms with E-state index in [9.17, 15) is 8.78 Å². The van der Waals surface area contributed by atoms with Gasteiger partial charge in [0.2, 0.25) is 0 Å². The van der Waals surface area contributed by atoms with Gasteiger partial charge in [0.25, 0.3) is 0 Å². The van der Waals surface area contributed by atoms with E-state index in [1.165, 1.54) is 0 Å². The van der Waals surface area contributed by atoms with Crippen LogP contribution in [-0.4, -0.2) is 12.6 Å². The first-order chi connectivity index (χ1) is 10.1. The number of nitrogens with one attached hydrogen (secondary N) is 1. The van der Waals surface area contributed by atoms with E-state index in [0.717, 1.165) is 23.8 Å². The third-order valence-corrected chi connectivity index (χ3v) is 3.65. The fourth-order valence-electron chi connectivity index (χ4n) is 2.54. The molecule has 110 valence electrons. The van der Waals surface area contributed by atoms with Crippen LogP contribution in [-0.2, 0) is 6.42 Å². The van der Waals surface area contributed by atoms with Crippen LogP contribution < -0.4 is 16.0 Å². The summed E-state index contributed by atoms with van der Waals surface area (Å²) in [6, 6.07) is 6.65. The number of ether oxygens (including phenoxy) is 1. The molecule has 1 atom stereocenters. The number of hydrogen-bond donors (Lipinski definition) is 2. The highest BCUT2D eigenvalue weighted by molar-refractivity contribution is 6.31. The van der Waals surface area contributed by atoms with Gasteiger partial charge in [-0.25, -0.2) is 8.78 Å². The molecule has 21 heavy (non-hydrogen) atoms. The number of benzene rings is 2. The number of rotatable bonds is 3. The van der Waals surface area contributed by atoms with Crippen molar-refractivity contribution in [1.29, 1.82) is 0 Å². The molecular weight excluding hydrogens is 298 g/mol. The third-order valence-electron chi connectivity index (χ3n) is 3.43. The molecule has 1 aliphatic heterocycles. The van der Waals surface area contributed by atoms with Gasteiger partial charge in [0.1, 0.15) is 23.5 Å². The van der Waals surface area contributed by atoms with Gasteiger partial charge in [0.15, 0.2) is 0 Å². The zero-order valence-corrected chi connectivity index (χ0v) is 11.8. The van der Waals surface area contributed by atoms with Gasteiger partial charge in [-0.1, -0.05) is 11.6 Å². The molecule has 3 nitrogen and oxygen atoms in total.